The van der Waals surface area contributed by atoms with Gasteiger partial charge in [-0.05, 0) is 25.7 Å². The summed E-state index contributed by atoms with van der Waals surface area (Å²) in [6.45, 7) is 6.05. The molecule has 0 spiro atoms. The lowest BCUT2D eigenvalue weighted by Gasteiger charge is -2.39. The van der Waals surface area contributed by atoms with Crippen LogP contribution in [0.1, 0.15) is 20.3 Å². The predicted molar refractivity (Wildman–Crippen MR) is 67.4 cm³/mol. The number of hydrogen-bond acceptors (Lipinski definition) is 4. The standard InChI is InChI=1S/C12H20BNO3/c1-9-7-14(8-10(2)17-9)12-5-3-11(4-6-12)13(15)16/h3-5,9-10,12,15-16H,6-8H2,1-2H3/t9-,10+,12-/m0/s1. The molecule has 5 heteroatoms. The summed E-state index contributed by atoms with van der Waals surface area (Å²) in [5, 5.41) is 18.1. The van der Waals surface area contributed by atoms with Crippen molar-refractivity contribution in [1.29, 1.82) is 0 Å². The smallest absolute Gasteiger partial charge is 0.423 e. The van der Waals surface area contributed by atoms with Gasteiger partial charge in [0.15, 0.2) is 0 Å². The molecule has 4 nitrogen and oxygen atoms in total. The van der Waals surface area contributed by atoms with Gasteiger partial charge in [-0.2, -0.15) is 0 Å². The SMILES string of the molecule is C[C@@H]1CN([C@H]2C=CC(B(O)O)=CC2)C[C@H](C)O1. The second-order valence-electron chi connectivity index (χ2n) is 4.95. The number of allylic oxidation sites excluding steroid dienone is 2. The van der Waals surface area contributed by atoms with E-state index in [9.17, 15) is 0 Å². The summed E-state index contributed by atoms with van der Waals surface area (Å²) < 4.78 is 5.71. The number of rotatable bonds is 2. The largest absolute Gasteiger partial charge is 0.488 e. The van der Waals surface area contributed by atoms with Gasteiger partial charge < -0.3 is 14.8 Å². The molecule has 2 N–H and O–H groups in total. The quantitative estimate of drug-likeness (QED) is 0.681. The average molecular weight is 237 g/mol. The maximum Gasteiger partial charge on any atom is 0.488 e. The molecular weight excluding hydrogens is 217 g/mol. The molecule has 0 aromatic heterocycles. The zero-order valence-electron chi connectivity index (χ0n) is 10.4. The lowest BCUT2D eigenvalue weighted by molar-refractivity contribution is -0.0751. The molecule has 94 valence electrons. The summed E-state index contributed by atoms with van der Waals surface area (Å²) in [5.41, 5.74) is 0.593. The van der Waals surface area contributed by atoms with Gasteiger partial charge in [-0.25, -0.2) is 0 Å². The molecule has 1 heterocycles. The van der Waals surface area contributed by atoms with E-state index >= 15 is 0 Å². The Labute approximate surface area is 103 Å². The molecule has 3 atom stereocenters. The summed E-state index contributed by atoms with van der Waals surface area (Å²) in [6, 6.07) is 0.353. The van der Waals surface area contributed by atoms with Crippen LogP contribution in [0.2, 0.25) is 0 Å². The van der Waals surface area contributed by atoms with Crippen LogP contribution < -0.4 is 0 Å². The molecular formula is C12H20BNO3. The van der Waals surface area contributed by atoms with Crippen molar-refractivity contribution in [1.82, 2.24) is 4.90 Å². The molecule has 0 radical (unpaired) electrons. The van der Waals surface area contributed by atoms with Crippen molar-refractivity contribution in [2.75, 3.05) is 13.1 Å². The first kappa shape index (κ1) is 12.8. The average Bonchev–Trinajstić information content (AvgIpc) is 2.28. The highest BCUT2D eigenvalue weighted by molar-refractivity contribution is 6.51. The minimum Gasteiger partial charge on any atom is -0.423 e. The van der Waals surface area contributed by atoms with Gasteiger partial charge in [0, 0.05) is 19.1 Å². The first-order valence-corrected chi connectivity index (χ1v) is 6.20. The van der Waals surface area contributed by atoms with Crippen molar-refractivity contribution in [3.8, 4) is 0 Å². The van der Waals surface area contributed by atoms with Crippen molar-refractivity contribution < 1.29 is 14.8 Å². The van der Waals surface area contributed by atoms with Gasteiger partial charge in [0.2, 0.25) is 0 Å². The molecule has 1 fully saturated rings. The summed E-state index contributed by atoms with van der Waals surface area (Å²) in [4.78, 5) is 2.40. The van der Waals surface area contributed by atoms with Crippen molar-refractivity contribution >= 4 is 7.12 Å². The Balaban J connectivity index is 1.95. The third-order valence-electron chi connectivity index (χ3n) is 3.32. The van der Waals surface area contributed by atoms with Gasteiger partial charge in [-0.15, -0.1) is 0 Å². The Bertz CT molecular complexity index is 320. The van der Waals surface area contributed by atoms with Gasteiger partial charge in [0.25, 0.3) is 0 Å². The van der Waals surface area contributed by atoms with Crippen molar-refractivity contribution in [3.05, 3.63) is 23.7 Å². The van der Waals surface area contributed by atoms with E-state index in [1.807, 2.05) is 12.2 Å². The summed E-state index contributed by atoms with van der Waals surface area (Å²) in [5.74, 6) is 0. The summed E-state index contributed by atoms with van der Waals surface area (Å²) in [6.07, 6.45) is 7.13. The van der Waals surface area contributed by atoms with E-state index in [1.54, 1.807) is 0 Å². The number of morpholine rings is 1. The molecule has 0 unspecified atom stereocenters. The van der Waals surface area contributed by atoms with Crippen molar-refractivity contribution in [2.24, 2.45) is 0 Å². The monoisotopic (exact) mass is 237 g/mol. The minimum atomic E-state index is -1.35. The van der Waals surface area contributed by atoms with Crippen molar-refractivity contribution in [2.45, 2.75) is 38.5 Å². The second kappa shape index (κ2) is 5.35. The first-order chi connectivity index (χ1) is 8.06. The lowest BCUT2D eigenvalue weighted by Crippen LogP contribution is -2.49. The fraction of sp³-hybridized carbons (Fsp3) is 0.667. The van der Waals surface area contributed by atoms with E-state index in [-0.39, 0.29) is 12.2 Å². The van der Waals surface area contributed by atoms with E-state index < -0.39 is 7.12 Å². The Morgan fingerprint density at radius 1 is 1.29 bits per heavy atom. The Morgan fingerprint density at radius 2 is 1.94 bits per heavy atom. The molecule has 0 aromatic carbocycles. The first-order valence-electron chi connectivity index (χ1n) is 6.20. The van der Waals surface area contributed by atoms with E-state index in [4.69, 9.17) is 14.8 Å². The second-order valence-corrected chi connectivity index (χ2v) is 4.95. The number of nitrogens with zero attached hydrogens (tertiary/aromatic N) is 1. The van der Waals surface area contributed by atoms with Crippen LogP contribution >= 0.6 is 0 Å². The summed E-state index contributed by atoms with van der Waals surface area (Å²) >= 11 is 0. The zero-order chi connectivity index (χ0) is 12.4. The molecule has 1 saturated heterocycles. The highest BCUT2D eigenvalue weighted by atomic mass is 16.5. The number of hydrogen-bond donors (Lipinski definition) is 2. The normalized spacial score (nSPS) is 34.6. The lowest BCUT2D eigenvalue weighted by atomic mass is 9.76. The van der Waals surface area contributed by atoms with Crippen LogP contribution in [0.25, 0.3) is 0 Å². The van der Waals surface area contributed by atoms with Gasteiger partial charge >= 0.3 is 7.12 Å². The van der Waals surface area contributed by atoms with E-state index in [1.165, 1.54) is 0 Å². The molecule has 1 aliphatic carbocycles. The molecule has 1 aliphatic heterocycles. The maximum atomic E-state index is 9.06. The fourth-order valence-corrected chi connectivity index (χ4v) is 2.58. The molecule has 0 saturated carbocycles. The van der Waals surface area contributed by atoms with Crippen LogP contribution in [0.3, 0.4) is 0 Å². The van der Waals surface area contributed by atoms with E-state index in [0.29, 0.717) is 11.5 Å². The topological polar surface area (TPSA) is 52.9 Å². The fourth-order valence-electron chi connectivity index (χ4n) is 2.58. The van der Waals surface area contributed by atoms with E-state index in [2.05, 4.69) is 24.8 Å². The van der Waals surface area contributed by atoms with Crippen LogP contribution in [-0.2, 0) is 4.74 Å². The van der Waals surface area contributed by atoms with Crippen LogP contribution in [0.15, 0.2) is 23.7 Å². The van der Waals surface area contributed by atoms with Crippen LogP contribution in [0, 0.1) is 0 Å². The minimum absolute atomic E-state index is 0.265. The van der Waals surface area contributed by atoms with E-state index in [0.717, 1.165) is 19.5 Å². The predicted octanol–water partition coefficient (Wildman–Crippen LogP) is 0.362. The molecule has 2 aliphatic rings. The molecule has 17 heavy (non-hydrogen) atoms. The van der Waals surface area contributed by atoms with Gasteiger partial charge in [0.1, 0.15) is 0 Å². The Hall–Kier alpha value is -0.615. The third kappa shape index (κ3) is 3.19. The maximum absolute atomic E-state index is 9.06. The van der Waals surface area contributed by atoms with Crippen LogP contribution in [-0.4, -0.2) is 53.4 Å². The Kier molecular flexibility index (Phi) is 4.04. The molecule has 0 bridgehead atoms. The van der Waals surface area contributed by atoms with Crippen LogP contribution in [0.4, 0.5) is 0 Å². The summed E-state index contributed by atoms with van der Waals surface area (Å²) in [7, 11) is -1.35. The number of ether oxygens (including phenoxy) is 1. The Morgan fingerprint density at radius 3 is 2.41 bits per heavy atom. The third-order valence-corrected chi connectivity index (χ3v) is 3.32. The highest BCUT2D eigenvalue weighted by Gasteiger charge is 2.27. The molecule has 0 aromatic rings. The molecule has 0 amide bonds. The van der Waals surface area contributed by atoms with Gasteiger partial charge in [0.05, 0.1) is 12.2 Å². The van der Waals surface area contributed by atoms with Gasteiger partial charge in [-0.3, -0.25) is 4.90 Å². The highest BCUT2D eigenvalue weighted by Crippen LogP contribution is 2.20. The zero-order valence-corrected chi connectivity index (χ0v) is 10.4. The molecule has 2 rings (SSSR count). The van der Waals surface area contributed by atoms with Crippen LogP contribution in [0.5, 0.6) is 0 Å². The van der Waals surface area contributed by atoms with Gasteiger partial charge in [-0.1, -0.05) is 18.2 Å². The van der Waals surface area contributed by atoms with Crippen molar-refractivity contribution in [3.63, 3.8) is 0 Å².